The predicted octanol–water partition coefficient (Wildman–Crippen LogP) is 3.83. The van der Waals surface area contributed by atoms with Crippen LogP contribution in [0.15, 0.2) is 30.3 Å². The summed E-state index contributed by atoms with van der Waals surface area (Å²) >= 11 is 0. The fraction of sp³-hybridized carbons (Fsp3) is 0. The molecule has 2 nitrogen and oxygen atoms in total. The van der Waals surface area contributed by atoms with Gasteiger partial charge in [0, 0.05) is 0 Å². The van der Waals surface area contributed by atoms with Gasteiger partial charge in [0.2, 0.25) is 34.4 Å². The molecule has 2 aromatic rings. The van der Waals surface area contributed by atoms with Crippen LogP contribution in [0.25, 0.3) is 0 Å². The van der Waals surface area contributed by atoms with Gasteiger partial charge in [-0.3, -0.25) is 0 Å². The second kappa shape index (κ2) is 5.54. The van der Waals surface area contributed by atoms with Crippen molar-refractivity contribution in [2.45, 2.75) is 0 Å². The summed E-state index contributed by atoms with van der Waals surface area (Å²) in [5, 5.41) is 0.0476. The van der Waals surface area contributed by atoms with Gasteiger partial charge in [-0.25, -0.2) is 17.7 Å². The summed E-state index contributed by atoms with van der Waals surface area (Å²) < 4.78 is 81.3. The summed E-state index contributed by atoms with van der Waals surface area (Å²) in [6.45, 7) is 0. The highest BCUT2D eigenvalue weighted by atomic mass is 31.1. The molecular weight excluding hydrogens is 302 g/mol. The summed E-state index contributed by atoms with van der Waals surface area (Å²) in [4.78, 5) is 0. The number of rotatable bonds is 3. The van der Waals surface area contributed by atoms with E-state index in [1.807, 2.05) is 0 Å². The number of hydrogen-bond acceptors (Lipinski definition) is 2. The lowest BCUT2D eigenvalue weighted by molar-refractivity contribution is 0.350. The molecule has 20 heavy (non-hydrogen) atoms. The predicted molar refractivity (Wildman–Crippen MR) is 60.5 cm³/mol. The van der Waals surface area contributed by atoms with Gasteiger partial charge in [0.15, 0.2) is 0 Å². The number of halogens is 5. The quantitative estimate of drug-likeness (QED) is 0.373. The van der Waals surface area contributed by atoms with E-state index in [0.29, 0.717) is 0 Å². The molecule has 2 aromatic carbocycles. The monoisotopic (exact) mass is 307 g/mol. The third-order valence-electron chi connectivity index (χ3n) is 2.31. The van der Waals surface area contributed by atoms with Crippen LogP contribution in [-0.2, 0) is 4.57 Å². The van der Waals surface area contributed by atoms with Gasteiger partial charge >= 0.3 is 8.03 Å². The Hall–Kier alpha value is -2.01. The van der Waals surface area contributed by atoms with E-state index in [1.165, 1.54) is 24.3 Å². The van der Waals surface area contributed by atoms with Gasteiger partial charge < -0.3 is 0 Å². The van der Waals surface area contributed by atoms with Crippen LogP contribution in [0.2, 0.25) is 0 Å². The Balaban J connectivity index is 2.43. The number of hydrogen-bond donors (Lipinski definition) is 0. The molecule has 0 saturated carbocycles. The SMILES string of the molecule is O=[P+](Oc1c(F)c(F)c(F)c(F)c1F)c1ccccc1. The van der Waals surface area contributed by atoms with E-state index in [2.05, 4.69) is 4.52 Å². The van der Waals surface area contributed by atoms with Crippen LogP contribution in [0.3, 0.4) is 0 Å². The van der Waals surface area contributed by atoms with Crippen LogP contribution in [0.4, 0.5) is 22.0 Å². The molecule has 0 bridgehead atoms. The minimum atomic E-state index is -2.80. The summed E-state index contributed by atoms with van der Waals surface area (Å²) in [5.74, 6) is -12.5. The lowest BCUT2D eigenvalue weighted by Crippen LogP contribution is -2.06. The van der Waals surface area contributed by atoms with Gasteiger partial charge in [-0.1, -0.05) is 18.2 Å². The van der Waals surface area contributed by atoms with Crippen molar-refractivity contribution in [3.63, 3.8) is 0 Å². The van der Waals surface area contributed by atoms with Crippen LogP contribution in [0.1, 0.15) is 0 Å². The topological polar surface area (TPSA) is 26.3 Å². The maximum atomic E-state index is 13.3. The van der Waals surface area contributed by atoms with Crippen molar-refractivity contribution in [3.05, 3.63) is 59.4 Å². The highest BCUT2D eigenvalue weighted by molar-refractivity contribution is 7.48. The lowest BCUT2D eigenvalue weighted by atomic mass is 10.3. The second-order valence-electron chi connectivity index (χ2n) is 3.58. The van der Waals surface area contributed by atoms with Crippen LogP contribution in [-0.4, -0.2) is 0 Å². The first-order chi connectivity index (χ1) is 9.43. The Bertz CT molecular complexity index is 646. The summed E-state index contributed by atoms with van der Waals surface area (Å²) in [6, 6.07) is 7.19. The van der Waals surface area contributed by atoms with Crippen molar-refractivity contribution in [2.24, 2.45) is 0 Å². The smallest absolute Gasteiger partial charge is 0.244 e. The first-order valence-corrected chi connectivity index (χ1v) is 6.33. The van der Waals surface area contributed by atoms with Crippen molar-refractivity contribution in [1.82, 2.24) is 0 Å². The summed E-state index contributed by atoms with van der Waals surface area (Å²) in [5.41, 5.74) is 0. The third-order valence-corrected chi connectivity index (χ3v) is 3.38. The molecule has 1 atom stereocenters. The van der Waals surface area contributed by atoms with Crippen molar-refractivity contribution in [1.29, 1.82) is 0 Å². The molecule has 0 aliphatic heterocycles. The fourth-order valence-electron chi connectivity index (χ4n) is 1.35. The van der Waals surface area contributed by atoms with Gasteiger partial charge in [0.25, 0.3) is 5.75 Å². The van der Waals surface area contributed by atoms with Gasteiger partial charge in [0.1, 0.15) is 0 Å². The Morgan fingerprint density at radius 2 is 1.20 bits per heavy atom. The third kappa shape index (κ3) is 2.49. The zero-order chi connectivity index (χ0) is 14.9. The van der Waals surface area contributed by atoms with Crippen molar-refractivity contribution in [3.8, 4) is 5.75 Å². The van der Waals surface area contributed by atoms with E-state index in [9.17, 15) is 26.5 Å². The highest BCUT2D eigenvalue weighted by Gasteiger charge is 2.34. The Morgan fingerprint density at radius 1 is 0.750 bits per heavy atom. The molecule has 0 aliphatic carbocycles. The molecule has 2 rings (SSSR count). The van der Waals surface area contributed by atoms with E-state index in [0.717, 1.165) is 0 Å². The minimum Gasteiger partial charge on any atom is -0.244 e. The summed E-state index contributed by atoms with van der Waals surface area (Å²) in [7, 11) is -2.80. The maximum absolute atomic E-state index is 13.3. The second-order valence-corrected chi connectivity index (χ2v) is 4.80. The first-order valence-electron chi connectivity index (χ1n) is 5.15. The van der Waals surface area contributed by atoms with Crippen LogP contribution in [0.5, 0.6) is 5.75 Å². The Morgan fingerprint density at radius 3 is 1.70 bits per heavy atom. The van der Waals surface area contributed by atoms with E-state index >= 15 is 0 Å². The van der Waals surface area contributed by atoms with Crippen LogP contribution in [0, 0.1) is 29.1 Å². The van der Waals surface area contributed by atoms with E-state index < -0.39 is 42.9 Å². The van der Waals surface area contributed by atoms with Gasteiger partial charge in [-0.15, -0.1) is 0 Å². The van der Waals surface area contributed by atoms with E-state index in [-0.39, 0.29) is 5.30 Å². The molecule has 0 spiro atoms. The molecule has 0 amide bonds. The van der Waals surface area contributed by atoms with Crippen molar-refractivity contribution >= 4 is 13.3 Å². The van der Waals surface area contributed by atoms with Gasteiger partial charge in [0.05, 0.1) is 0 Å². The van der Waals surface area contributed by atoms with Crippen molar-refractivity contribution < 1.29 is 31.0 Å². The zero-order valence-electron chi connectivity index (χ0n) is 9.54. The minimum absolute atomic E-state index is 0.0476. The van der Waals surface area contributed by atoms with E-state index in [4.69, 9.17) is 0 Å². The highest BCUT2D eigenvalue weighted by Crippen LogP contribution is 2.34. The lowest BCUT2D eigenvalue weighted by Gasteiger charge is -2.02. The molecule has 0 aliphatic rings. The standard InChI is InChI=1S/C12H5F5O2P/c13-7-8(14)10(16)12(11(17)9(7)15)19-20(18)6-4-2-1-3-5-6/h1-5H/q+1. The van der Waals surface area contributed by atoms with Crippen LogP contribution >= 0.6 is 8.03 Å². The molecule has 0 heterocycles. The largest absolute Gasteiger partial charge is 0.597 e. The summed E-state index contributed by atoms with van der Waals surface area (Å²) in [6.07, 6.45) is 0. The molecular formula is C12H5F5O2P+. The molecule has 104 valence electrons. The molecule has 0 aromatic heterocycles. The first kappa shape index (κ1) is 14.4. The average Bonchev–Trinajstić information content (AvgIpc) is 2.48. The Kier molecular flexibility index (Phi) is 3.99. The molecule has 0 N–H and O–H groups in total. The normalized spacial score (nSPS) is 11.3. The molecule has 0 saturated heterocycles. The molecule has 8 heteroatoms. The van der Waals surface area contributed by atoms with Gasteiger partial charge in [-0.2, -0.15) is 8.78 Å². The molecule has 1 unspecified atom stereocenters. The van der Waals surface area contributed by atoms with Crippen molar-refractivity contribution in [2.75, 3.05) is 0 Å². The molecule has 0 radical (unpaired) electrons. The van der Waals surface area contributed by atoms with Gasteiger partial charge in [-0.05, 0) is 16.7 Å². The zero-order valence-corrected chi connectivity index (χ0v) is 10.4. The van der Waals surface area contributed by atoms with Crippen LogP contribution < -0.4 is 9.83 Å². The Labute approximate surface area is 110 Å². The fourth-order valence-corrected chi connectivity index (χ4v) is 2.20. The van der Waals surface area contributed by atoms with E-state index in [1.54, 1.807) is 6.07 Å². The maximum Gasteiger partial charge on any atom is 0.597 e. The average molecular weight is 307 g/mol. The number of benzene rings is 2. The molecule has 0 fully saturated rings.